The van der Waals surface area contributed by atoms with Gasteiger partial charge in [-0.05, 0) is 32.2 Å². The Hall–Kier alpha value is -1.08. The Bertz CT molecular complexity index is 301. The summed E-state index contributed by atoms with van der Waals surface area (Å²) < 4.78 is 0. The first kappa shape index (κ1) is 15.0. The van der Waals surface area contributed by atoms with Crippen molar-refractivity contribution in [3.8, 4) is 6.07 Å². The van der Waals surface area contributed by atoms with Crippen molar-refractivity contribution in [2.75, 3.05) is 19.6 Å². The minimum atomic E-state index is -0.616. The minimum absolute atomic E-state index is 0.0299. The molecule has 1 fully saturated rings. The third kappa shape index (κ3) is 4.30. The van der Waals surface area contributed by atoms with Crippen LogP contribution in [0, 0.1) is 11.3 Å². The van der Waals surface area contributed by atoms with Gasteiger partial charge >= 0.3 is 0 Å². The largest absolute Gasteiger partial charge is 0.338 e. The molecule has 1 aliphatic heterocycles. The number of likely N-dealkylation sites (tertiary alicyclic amines) is 1. The summed E-state index contributed by atoms with van der Waals surface area (Å²) in [7, 11) is 0. The van der Waals surface area contributed by atoms with Crippen LogP contribution in [-0.4, -0.2) is 36.0 Å². The number of nitriles is 1. The number of carbonyl (C=O) groups is 1. The number of hydrogen-bond donors (Lipinski definition) is 1. The molecule has 1 heterocycles. The Balaban J connectivity index is 2.46. The first-order valence-electron chi connectivity index (χ1n) is 7.10. The van der Waals surface area contributed by atoms with Crippen LogP contribution in [0.2, 0.25) is 0 Å². The summed E-state index contributed by atoms with van der Waals surface area (Å²) in [5, 5.41) is 12.3. The number of unbranched alkanes of at least 4 members (excludes halogenated alkanes) is 1. The predicted molar refractivity (Wildman–Crippen MR) is 72.0 cm³/mol. The van der Waals surface area contributed by atoms with Crippen molar-refractivity contribution in [1.29, 1.82) is 5.26 Å². The van der Waals surface area contributed by atoms with Gasteiger partial charge in [0.25, 0.3) is 0 Å². The highest BCUT2D eigenvalue weighted by atomic mass is 16.1. The Labute approximate surface area is 110 Å². The molecule has 102 valence electrons. The number of hydrogen-bond acceptors (Lipinski definition) is 3. The zero-order valence-electron chi connectivity index (χ0n) is 11.7. The summed E-state index contributed by atoms with van der Waals surface area (Å²) in [5.74, 6) is 0.0299. The standard InChI is InChI=1S/C14H25N3O/c1-3-5-6-13(18)16-14(12-15)7-10-17(9-4-2)11-8-14/h3-11H2,1-2H3,(H,16,18). The van der Waals surface area contributed by atoms with Crippen LogP contribution in [0.5, 0.6) is 0 Å². The van der Waals surface area contributed by atoms with Crippen molar-refractivity contribution in [3.63, 3.8) is 0 Å². The molecule has 0 bridgehead atoms. The van der Waals surface area contributed by atoms with E-state index in [1.54, 1.807) is 0 Å². The number of nitrogens with zero attached hydrogens (tertiary/aromatic N) is 2. The molecule has 0 atom stereocenters. The second kappa shape index (κ2) is 7.38. The fraction of sp³-hybridized carbons (Fsp3) is 0.857. The lowest BCUT2D eigenvalue weighted by Gasteiger charge is -2.37. The zero-order valence-corrected chi connectivity index (χ0v) is 11.7. The SMILES string of the molecule is CCCCC(=O)NC1(C#N)CCN(CCC)CC1. The zero-order chi connectivity index (χ0) is 13.4. The molecule has 4 nitrogen and oxygen atoms in total. The van der Waals surface area contributed by atoms with Crippen LogP contribution in [0.15, 0.2) is 0 Å². The molecule has 1 aliphatic rings. The van der Waals surface area contributed by atoms with Crippen LogP contribution >= 0.6 is 0 Å². The fourth-order valence-electron chi connectivity index (χ4n) is 2.41. The van der Waals surface area contributed by atoms with E-state index < -0.39 is 5.54 Å². The number of carbonyl (C=O) groups excluding carboxylic acids is 1. The first-order valence-corrected chi connectivity index (χ1v) is 7.10. The lowest BCUT2D eigenvalue weighted by molar-refractivity contribution is -0.123. The van der Waals surface area contributed by atoms with Gasteiger partial charge in [0, 0.05) is 19.5 Å². The van der Waals surface area contributed by atoms with Crippen molar-refractivity contribution in [1.82, 2.24) is 10.2 Å². The molecule has 0 radical (unpaired) electrons. The Morgan fingerprint density at radius 2 is 2.00 bits per heavy atom. The molecular formula is C14H25N3O. The second-order valence-corrected chi connectivity index (χ2v) is 5.19. The lowest BCUT2D eigenvalue weighted by atomic mass is 9.88. The molecule has 18 heavy (non-hydrogen) atoms. The third-order valence-electron chi connectivity index (χ3n) is 3.60. The van der Waals surface area contributed by atoms with E-state index in [1.807, 2.05) is 0 Å². The maximum atomic E-state index is 11.8. The maximum absolute atomic E-state index is 11.8. The summed E-state index contributed by atoms with van der Waals surface area (Å²) in [6.45, 7) is 7.14. The van der Waals surface area contributed by atoms with Crippen LogP contribution in [0.25, 0.3) is 0 Å². The normalized spacial score (nSPS) is 19.2. The average molecular weight is 251 g/mol. The van der Waals surface area contributed by atoms with Gasteiger partial charge in [0.1, 0.15) is 5.54 Å². The van der Waals surface area contributed by atoms with E-state index in [0.717, 1.165) is 51.7 Å². The van der Waals surface area contributed by atoms with E-state index in [2.05, 4.69) is 30.1 Å². The van der Waals surface area contributed by atoms with Gasteiger partial charge in [-0.25, -0.2) is 0 Å². The highest BCUT2D eigenvalue weighted by Gasteiger charge is 2.35. The van der Waals surface area contributed by atoms with Crippen molar-refractivity contribution in [3.05, 3.63) is 0 Å². The molecule has 0 aromatic carbocycles. The third-order valence-corrected chi connectivity index (χ3v) is 3.60. The van der Waals surface area contributed by atoms with Gasteiger partial charge < -0.3 is 10.2 Å². The summed E-state index contributed by atoms with van der Waals surface area (Å²) >= 11 is 0. The Kier molecular flexibility index (Phi) is 6.14. The van der Waals surface area contributed by atoms with Gasteiger partial charge in [0.2, 0.25) is 5.91 Å². The number of amides is 1. The molecule has 0 aromatic heterocycles. The van der Waals surface area contributed by atoms with Crippen molar-refractivity contribution >= 4 is 5.91 Å². The molecule has 1 N–H and O–H groups in total. The number of rotatable bonds is 6. The van der Waals surface area contributed by atoms with E-state index in [1.165, 1.54) is 0 Å². The maximum Gasteiger partial charge on any atom is 0.221 e. The van der Waals surface area contributed by atoms with Gasteiger partial charge in [-0.3, -0.25) is 4.79 Å². The molecule has 0 saturated carbocycles. The van der Waals surface area contributed by atoms with Gasteiger partial charge in [-0.1, -0.05) is 20.3 Å². The summed E-state index contributed by atoms with van der Waals surface area (Å²) in [5.41, 5.74) is -0.616. The predicted octanol–water partition coefficient (Wildman–Crippen LogP) is 2.06. The molecule has 0 spiro atoms. The van der Waals surface area contributed by atoms with Crippen LogP contribution in [0.1, 0.15) is 52.4 Å². The number of piperidine rings is 1. The van der Waals surface area contributed by atoms with E-state index in [4.69, 9.17) is 0 Å². The van der Waals surface area contributed by atoms with Crippen LogP contribution in [0.3, 0.4) is 0 Å². The van der Waals surface area contributed by atoms with Gasteiger partial charge in [-0.2, -0.15) is 5.26 Å². The lowest BCUT2D eigenvalue weighted by Crippen LogP contribution is -2.54. The fourth-order valence-corrected chi connectivity index (χ4v) is 2.41. The minimum Gasteiger partial charge on any atom is -0.338 e. The van der Waals surface area contributed by atoms with Crippen LogP contribution in [0.4, 0.5) is 0 Å². The summed E-state index contributed by atoms with van der Waals surface area (Å²) in [6, 6.07) is 2.33. The van der Waals surface area contributed by atoms with Crippen LogP contribution < -0.4 is 5.32 Å². The molecule has 1 saturated heterocycles. The molecule has 1 rings (SSSR count). The molecule has 4 heteroatoms. The topological polar surface area (TPSA) is 56.1 Å². The Morgan fingerprint density at radius 3 is 2.50 bits per heavy atom. The first-order chi connectivity index (χ1) is 8.65. The summed E-state index contributed by atoms with van der Waals surface area (Å²) in [4.78, 5) is 14.1. The van der Waals surface area contributed by atoms with Crippen molar-refractivity contribution in [2.45, 2.75) is 57.9 Å². The highest BCUT2D eigenvalue weighted by Crippen LogP contribution is 2.22. The van der Waals surface area contributed by atoms with Crippen LogP contribution in [-0.2, 0) is 4.79 Å². The molecule has 0 unspecified atom stereocenters. The van der Waals surface area contributed by atoms with Crippen molar-refractivity contribution < 1.29 is 4.79 Å². The van der Waals surface area contributed by atoms with Gasteiger partial charge in [0.15, 0.2) is 0 Å². The second-order valence-electron chi connectivity index (χ2n) is 5.19. The number of nitrogens with one attached hydrogen (secondary N) is 1. The monoisotopic (exact) mass is 251 g/mol. The van der Waals surface area contributed by atoms with Gasteiger partial charge in [0.05, 0.1) is 6.07 Å². The smallest absolute Gasteiger partial charge is 0.221 e. The van der Waals surface area contributed by atoms with Gasteiger partial charge in [-0.15, -0.1) is 0 Å². The highest BCUT2D eigenvalue weighted by molar-refractivity contribution is 5.77. The molecule has 0 aliphatic carbocycles. The van der Waals surface area contributed by atoms with E-state index in [0.29, 0.717) is 6.42 Å². The Morgan fingerprint density at radius 1 is 1.33 bits per heavy atom. The van der Waals surface area contributed by atoms with E-state index in [9.17, 15) is 10.1 Å². The van der Waals surface area contributed by atoms with E-state index in [-0.39, 0.29) is 5.91 Å². The molecular weight excluding hydrogens is 226 g/mol. The quantitative estimate of drug-likeness (QED) is 0.786. The average Bonchev–Trinajstić information content (AvgIpc) is 2.39. The van der Waals surface area contributed by atoms with Crippen molar-refractivity contribution in [2.24, 2.45) is 0 Å². The summed E-state index contributed by atoms with van der Waals surface area (Å²) in [6.07, 6.45) is 5.09. The molecule has 0 aromatic rings. The molecule has 1 amide bonds. The van der Waals surface area contributed by atoms with E-state index >= 15 is 0 Å².